The van der Waals surface area contributed by atoms with Gasteiger partial charge in [0.15, 0.2) is 0 Å². The Bertz CT molecular complexity index is 1300. The lowest BCUT2D eigenvalue weighted by molar-refractivity contribution is -0.190. The van der Waals surface area contributed by atoms with Gasteiger partial charge in [-0.05, 0) is 87.7 Å². The monoisotopic (exact) mass is 548 g/mol. The summed E-state index contributed by atoms with van der Waals surface area (Å²) in [5.74, 6) is 1.20. The molecule has 5 rings (SSSR count). The van der Waals surface area contributed by atoms with Gasteiger partial charge in [0.25, 0.3) is 0 Å². The number of hydrogen-bond donors (Lipinski definition) is 0. The molecule has 1 amide bonds. The van der Waals surface area contributed by atoms with Gasteiger partial charge in [0.1, 0.15) is 17.1 Å². The molecule has 3 atom stereocenters. The minimum absolute atomic E-state index is 0.0568. The molecule has 1 aliphatic heterocycles. The van der Waals surface area contributed by atoms with Crippen LogP contribution in [0.3, 0.4) is 0 Å². The number of hydrogen-bond acceptors (Lipinski definition) is 7. The molecule has 1 aromatic carbocycles. The van der Waals surface area contributed by atoms with E-state index in [9.17, 15) is 14.4 Å². The van der Waals surface area contributed by atoms with Crippen molar-refractivity contribution in [2.24, 2.45) is 5.92 Å². The second kappa shape index (κ2) is 11.2. The number of carbonyl (C=O) groups is 3. The zero-order chi connectivity index (χ0) is 28.5. The van der Waals surface area contributed by atoms with E-state index in [1.54, 1.807) is 24.5 Å². The highest BCUT2D eigenvalue weighted by molar-refractivity contribution is 5.92. The van der Waals surface area contributed by atoms with Gasteiger partial charge in [0, 0.05) is 57.1 Å². The van der Waals surface area contributed by atoms with E-state index in [4.69, 9.17) is 13.9 Å². The van der Waals surface area contributed by atoms with Crippen LogP contribution in [0.5, 0.6) is 5.75 Å². The van der Waals surface area contributed by atoms with Crippen molar-refractivity contribution in [1.82, 2.24) is 9.80 Å². The minimum atomic E-state index is -0.745. The van der Waals surface area contributed by atoms with Crippen molar-refractivity contribution in [3.63, 3.8) is 0 Å². The summed E-state index contributed by atoms with van der Waals surface area (Å²) in [5.41, 5.74) is 0.567. The Labute approximate surface area is 236 Å². The molecule has 8 heteroatoms. The molecular weight excluding hydrogens is 508 g/mol. The van der Waals surface area contributed by atoms with Crippen molar-refractivity contribution in [2.75, 3.05) is 26.7 Å². The molecule has 2 saturated carbocycles. The Hall–Kier alpha value is -3.39. The first kappa shape index (κ1) is 28.1. The lowest BCUT2D eigenvalue weighted by Crippen LogP contribution is -2.68. The lowest BCUT2D eigenvalue weighted by atomic mass is 9.55. The predicted octanol–water partition coefficient (Wildman–Crippen LogP) is 4.89. The average Bonchev–Trinajstić information content (AvgIpc) is 3.63. The number of ether oxygens (including phenoxy) is 2. The standard InChI is InChI=1S/C32H40N2O6/c1-22-26(13-17-38-22)10-11-30(37)33(4)28-12-14-32(40-24(3)36)21-34(20-25-8-9-25)16-15-31(32,19-28)27-6-5-7-29(18-27)39-23(2)35/h5-7,10-11,13,17-18,25,28H,8-9,12,14-16,19-21H2,1-4H3/b11-10+/t28-,31-,32-/m0/s1. The molecule has 0 unspecified atom stereocenters. The number of aryl methyl sites for hydroxylation is 1. The summed E-state index contributed by atoms with van der Waals surface area (Å²) in [4.78, 5) is 42.0. The Balaban J connectivity index is 1.49. The Kier molecular flexibility index (Phi) is 7.91. The van der Waals surface area contributed by atoms with Gasteiger partial charge in [-0.15, -0.1) is 0 Å². The van der Waals surface area contributed by atoms with Gasteiger partial charge < -0.3 is 18.8 Å². The zero-order valence-corrected chi connectivity index (χ0v) is 24.0. The molecule has 3 fully saturated rings. The third kappa shape index (κ3) is 5.73. The van der Waals surface area contributed by atoms with Crippen molar-refractivity contribution < 1.29 is 28.3 Å². The summed E-state index contributed by atoms with van der Waals surface area (Å²) in [7, 11) is 1.85. The van der Waals surface area contributed by atoms with Crippen molar-refractivity contribution in [1.29, 1.82) is 0 Å². The first-order valence-corrected chi connectivity index (χ1v) is 14.3. The molecule has 214 valence electrons. The van der Waals surface area contributed by atoms with Crippen LogP contribution in [0.4, 0.5) is 0 Å². The highest BCUT2D eigenvalue weighted by Crippen LogP contribution is 2.55. The molecule has 8 nitrogen and oxygen atoms in total. The number of fused-ring (bicyclic) bond motifs is 1. The van der Waals surface area contributed by atoms with E-state index in [1.165, 1.54) is 26.7 Å². The van der Waals surface area contributed by atoms with Crippen LogP contribution >= 0.6 is 0 Å². The van der Waals surface area contributed by atoms with Gasteiger partial charge in [-0.3, -0.25) is 19.3 Å². The van der Waals surface area contributed by atoms with Crippen LogP contribution in [-0.2, 0) is 24.5 Å². The number of nitrogens with zero attached hydrogens (tertiary/aromatic N) is 2. The number of likely N-dealkylation sites (tertiary alicyclic amines) is 1. The summed E-state index contributed by atoms with van der Waals surface area (Å²) in [6.07, 6.45) is 10.3. The first-order chi connectivity index (χ1) is 19.1. The maximum atomic E-state index is 13.3. The molecule has 0 bridgehead atoms. The number of esters is 2. The van der Waals surface area contributed by atoms with Gasteiger partial charge in [0.05, 0.1) is 6.26 Å². The van der Waals surface area contributed by atoms with Crippen LogP contribution < -0.4 is 4.74 Å². The van der Waals surface area contributed by atoms with Gasteiger partial charge >= 0.3 is 11.9 Å². The van der Waals surface area contributed by atoms with Crippen LogP contribution in [0.25, 0.3) is 6.08 Å². The highest BCUT2D eigenvalue weighted by atomic mass is 16.6. The normalized spacial score (nSPS) is 26.8. The fraction of sp³-hybridized carbons (Fsp3) is 0.531. The van der Waals surface area contributed by atoms with Crippen LogP contribution in [0.1, 0.15) is 69.3 Å². The quantitative estimate of drug-likeness (QED) is 0.264. The minimum Gasteiger partial charge on any atom is -0.469 e. The van der Waals surface area contributed by atoms with Crippen LogP contribution in [0.2, 0.25) is 0 Å². The smallest absolute Gasteiger partial charge is 0.308 e. The first-order valence-electron chi connectivity index (χ1n) is 14.3. The number of rotatable bonds is 8. The molecule has 1 saturated heterocycles. The molecule has 0 N–H and O–H groups in total. The molecule has 3 aliphatic rings. The molecular formula is C32H40N2O6. The number of benzene rings is 1. The SMILES string of the molecule is CC(=O)Oc1cccc([C@@]23CCN(CC4CC4)C[C@@]2(OC(C)=O)CC[C@H](N(C)C(=O)/C=C/c2ccoc2C)C3)c1. The van der Waals surface area contributed by atoms with Gasteiger partial charge in [0.2, 0.25) is 5.91 Å². The summed E-state index contributed by atoms with van der Waals surface area (Å²) >= 11 is 0. The Morgan fingerprint density at radius 1 is 1.12 bits per heavy atom. The van der Waals surface area contributed by atoms with Crippen LogP contribution in [0, 0.1) is 12.8 Å². The van der Waals surface area contributed by atoms with Crippen LogP contribution in [-0.4, -0.2) is 66.0 Å². The number of carbonyl (C=O) groups excluding carboxylic acids is 3. The van der Waals surface area contributed by atoms with E-state index in [0.29, 0.717) is 25.1 Å². The van der Waals surface area contributed by atoms with Crippen molar-refractivity contribution in [2.45, 2.75) is 76.4 Å². The summed E-state index contributed by atoms with van der Waals surface area (Å²) < 4.78 is 17.2. The van der Waals surface area contributed by atoms with E-state index in [0.717, 1.165) is 48.7 Å². The zero-order valence-electron chi connectivity index (χ0n) is 24.0. The molecule has 0 spiro atoms. The second-order valence-electron chi connectivity index (χ2n) is 11.8. The van der Waals surface area contributed by atoms with E-state index < -0.39 is 11.0 Å². The van der Waals surface area contributed by atoms with Gasteiger partial charge in [-0.1, -0.05) is 12.1 Å². The van der Waals surface area contributed by atoms with E-state index in [1.807, 2.05) is 43.1 Å². The molecule has 0 radical (unpaired) electrons. The van der Waals surface area contributed by atoms with E-state index >= 15 is 0 Å². The number of likely N-dealkylation sites (N-methyl/N-ethyl adjacent to an activating group) is 1. The maximum Gasteiger partial charge on any atom is 0.308 e. The third-order valence-corrected chi connectivity index (χ3v) is 9.07. The fourth-order valence-corrected chi connectivity index (χ4v) is 6.86. The van der Waals surface area contributed by atoms with Crippen LogP contribution in [0.15, 0.2) is 47.1 Å². The summed E-state index contributed by atoms with van der Waals surface area (Å²) in [6, 6.07) is 9.42. The Morgan fingerprint density at radius 2 is 1.93 bits per heavy atom. The van der Waals surface area contributed by atoms with Crippen molar-refractivity contribution in [3.8, 4) is 5.75 Å². The number of furan rings is 1. The molecule has 2 aliphatic carbocycles. The second-order valence-corrected chi connectivity index (χ2v) is 11.8. The molecule has 2 aromatic rings. The van der Waals surface area contributed by atoms with Gasteiger partial charge in [-0.2, -0.15) is 0 Å². The third-order valence-electron chi connectivity index (χ3n) is 9.07. The Morgan fingerprint density at radius 3 is 2.60 bits per heavy atom. The average molecular weight is 549 g/mol. The largest absolute Gasteiger partial charge is 0.469 e. The summed E-state index contributed by atoms with van der Waals surface area (Å²) in [6.45, 7) is 7.30. The summed E-state index contributed by atoms with van der Waals surface area (Å²) in [5, 5.41) is 0. The van der Waals surface area contributed by atoms with Crippen molar-refractivity contribution in [3.05, 3.63) is 59.6 Å². The lowest BCUT2D eigenvalue weighted by Gasteiger charge is -2.60. The topological polar surface area (TPSA) is 89.3 Å². The molecule has 2 heterocycles. The highest BCUT2D eigenvalue weighted by Gasteiger charge is 2.61. The number of piperidine rings is 1. The van der Waals surface area contributed by atoms with E-state index in [-0.39, 0.29) is 23.9 Å². The molecule has 1 aromatic heterocycles. The predicted molar refractivity (Wildman–Crippen MR) is 151 cm³/mol. The fourth-order valence-electron chi connectivity index (χ4n) is 6.86. The van der Waals surface area contributed by atoms with Crippen molar-refractivity contribution >= 4 is 23.9 Å². The van der Waals surface area contributed by atoms with E-state index in [2.05, 4.69) is 4.90 Å². The molecule has 40 heavy (non-hydrogen) atoms. The van der Waals surface area contributed by atoms with Gasteiger partial charge in [-0.25, -0.2) is 0 Å². The number of amides is 1. The maximum absolute atomic E-state index is 13.3.